The molecule has 2 aromatic rings. The van der Waals surface area contributed by atoms with E-state index in [4.69, 9.17) is 4.74 Å². The normalized spacial score (nSPS) is 10.1. The van der Waals surface area contributed by atoms with Crippen LogP contribution in [0.3, 0.4) is 0 Å². The third kappa shape index (κ3) is 2.18. The molecule has 0 saturated carbocycles. The van der Waals surface area contributed by atoms with E-state index < -0.39 is 0 Å². The molecule has 5 heteroatoms. The van der Waals surface area contributed by atoms with Crippen molar-refractivity contribution in [2.24, 2.45) is 0 Å². The van der Waals surface area contributed by atoms with Gasteiger partial charge in [-0.15, -0.1) is 0 Å². The van der Waals surface area contributed by atoms with Gasteiger partial charge in [-0.25, -0.2) is 14.4 Å². The first-order valence-corrected chi connectivity index (χ1v) is 5.10. The maximum atomic E-state index is 13.8. The number of methoxy groups -OCH3 is 1. The van der Waals surface area contributed by atoms with Gasteiger partial charge in [0.15, 0.2) is 0 Å². The summed E-state index contributed by atoms with van der Waals surface area (Å²) in [6.07, 6.45) is 1.57. The van der Waals surface area contributed by atoms with Crippen LogP contribution in [-0.2, 0) is 0 Å². The molecule has 1 aromatic heterocycles. The van der Waals surface area contributed by atoms with E-state index in [0.29, 0.717) is 23.0 Å². The molecule has 0 unspecified atom stereocenters. The number of hydrogen-bond donors (Lipinski definition) is 1. The smallest absolute Gasteiger partial charge is 0.222 e. The third-order valence-electron chi connectivity index (χ3n) is 2.33. The first-order valence-electron chi connectivity index (χ1n) is 5.10. The second kappa shape index (κ2) is 4.78. The minimum atomic E-state index is -0.370. The molecule has 0 radical (unpaired) electrons. The minimum Gasteiger partial charge on any atom is -0.496 e. The number of ether oxygens (including phenoxy) is 1. The Kier molecular flexibility index (Phi) is 3.18. The number of rotatable bonds is 3. The van der Waals surface area contributed by atoms with Crippen LogP contribution < -0.4 is 10.1 Å². The molecule has 17 heavy (non-hydrogen) atoms. The largest absolute Gasteiger partial charge is 0.496 e. The lowest BCUT2D eigenvalue weighted by atomic mass is 10.1. The Morgan fingerprint density at radius 2 is 2.12 bits per heavy atom. The van der Waals surface area contributed by atoms with Crippen molar-refractivity contribution in [1.29, 1.82) is 0 Å². The van der Waals surface area contributed by atoms with Gasteiger partial charge in [-0.2, -0.15) is 0 Å². The van der Waals surface area contributed by atoms with Gasteiger partial charge in [0.05, 0.1) is 18.4 Å². The summed E-state index contributed by atoms with van der Waals surface area (Å²) in [7, 11) is 3.20. The van der Waals surface area contributed by atoms with Crippen molar-refractivity contribution >= 4 is 5.95 Å². The fourth-order valence-electron chi connectivity index (χ4n) is 1.54. The van der Waals surface area contributed by atoms with E-state index >= 15 is 0 Å². The Morgan fingerprint density at radius 3 is 2.82 bits per heavy atom. The molecule has 0 aliphatic rings. The summed E-state index contributed by atoms with van der Waals surface area (Å²) in [5, 5.41) is 2.81. The summed E-state index contributed by atoms with van der Waals surface area (Å²) in [6.45, 7) is 0. The summed E-state index contributed by atoms with van der Waals surface area (Å²) in [6, 6.07) is 6.30. The first-order chi connectivity index (χ1) is 8.26. The molecule has 0 spiro atoms. The average Bonchev–Trinajstić information content (AvgIpc) is 2.38. The molecule has 0 saturated heterocycles. The van der Waals surface area contributed by atoms with Crippen molar-refractivity contribution in [2.75, 3.05) is 19.5 Å². The van der Waals surface area contributed by atoms with Crippen LogP contribution in [-0.4, -0.2) is 24.1 Å². The maximum absolute atomic E-state index is 13.8. The number of aromatic nitrogens is 2. The molecule has 0 fully saturated rings. The average molecular weight is 233 g/mol. The summed E-state index contributed by atoms with van der Waals surface area (Å²) >= 11 is 0. The molecule has 1 heterocycles. The summed E-state index contributed by atoms with van der Waals surface area (Å²) in [5.74, 6) is 0.517. The van der Waals surface area contributed by atoms with Crippen LogP contribution in [0.5, 0.6) is 5.75 Å². The molecule has 1 N–H and O–H groups in total. The Balaban J connectivity index is 2.58. The van der Waals surface area contributed by atoms with Crippen LogP contribution in [0.25, 0.3) is 11.3 Å². The first kappa shape index (κ1) is 11.3. The third-order valence-corrected chi connectivity index (χ3v) is 2.33. The van der Waals surface area contributed by atoms with Gasteiger partial charge in [0.2, 0.25) is 5.95 Å². The number of anilines is 1. The molecule has 0 atom stereocenters. The van der Waals surface area contributed by atoms with Crippen LogP contribution in [0.4, 0.5) is 10.3 Å². The van der Waals surface area contributed by atoms with Crippen LogP contribution >= 0.6 is 0 Å². The number of nitrogens with one attached hydrogen (secondary N) is 1. The van der Waals surface area contributed by atoms with Crippen molar-refractivity contribution in [3.8, 4) is 17.0 Å². The van der Waals surface area contributed by atoms with Gasteiger partial charge in [0.1, 0.15) is 11.6 Å². The van der Waals surface area contributed by atoms with E-state index in [9.17, 15) is 4.39 Å². The van der Waals surface area contributed by atoms with Crippen LogP contribution in [0.2, 0.25) is 0 Å². The molecule has 0 aliphatic heterocycles. The molecule has 0 bridgehead atoms. The van der Waals surface area contributed by atoms with Gasteiger partial charge < -0.3 is 10.1 Å². The van der Waals surface area contributed by atoms with Crippen LogP contribution in [0.1, 0.15) is 0 Å². The number of hydrogen-bond acceptors (Lipinski definition) is 4. The Morgan fingerprint density at radius 1 is 1.29 bits per heavy atom. The molecule has 2 rings (SSSR count). The zero-order valence-corrected chi connectivity index (χ0v) is 9.57. The van der Waals surface area contributed by atoms with Crippen LogP contribution in [0, 0.1) is 5.82 Å². The lowest BCUT2D eigenvalue weighted by Gasteiger charge is -2.09. The van der Waals surface area contributed by atoms with Crippen molar-refractivity contribution in [3.63, 3.8) is 0 Å². The quantitative estimate of drug-likeness (QED) is 0.883. The molecule has 1 aromatic carbocycles. The fourth-order valence-corrected chi connectivity index (χ4v) is 1.54. The molecular formula is C12H12FN3O. The maximum Gasteiger partial charge on any atom is 0.222 e. The second-order valence-electron chi connectivity index (χ2n) is 3.33. The van der Waals surface area contributed by atoms with E-state index in [2.05, 4.69) is 15.3 Å². The van der Waals surface area contributed by atoms with E-state index in [1.807, 2.05) is 0 Å². The summed E-state index contributed by atoms with van der Waals surface area (Å²) < 4.78 is 18.9. The molecular weight excluding hydrogens is 221 g/mol. The predicted octanol–water partition coefficient (Wildman–Crippen LogP) is 2.33. The van der Waals surface area contributed by atoms with Gasteiger partial charge >= 0.3 is 0 Å². The molecule has 0 aliphatic carbocycles. The highest BCUT2D eigenvalue weighted by molar-refractivity contribution is 5.68. The molecule has 4 nitrogen and oxygen atoms in total. The van der Waals surface area contributed by atoms with E-state index in [-0.39, 0.29) is 5.82 Å². The van der Waals surface area contributed by atoms with E-state index in [0.717, 1.165) is 0 Å². The molecule has 88 valence electrons. The lowest BCUT2D eigenvalue weighted by molar-refractivity contribution is 0.413. The zero-order chi connectivity index (χ0) is 12.3. The van der Waals surface area contributed by atoms with Gasteiger partial charge in [-0.3, -0.25) is 0 Å². The Labute approximate surface area is 98.5 Å². The van der Waals surface area contributed by atoms with Crippen molar-refractivity contribution in [3.05, 3.63) is 36.3 Å². The lowest BCUT2D eigenvalue weighted by Crippen LogP contribution is -1.99. The SMILES string of the molecule is CNc1nccc(-c2c(F)cccc2OC)n1. The second-order valence-corrected chi connectivity index (χ2v) is 3.33. The predicted molar refractivity (Wildman–Crippen MR) is 63.5 cm³/mol. The van der Waals surface area contributed by atoms with Crippen molar-refractivity contribution < 1.29 is 9.13 Å². The standard InChI is InChI=1S/C12H12FN3O/c1-14-12-15-7-6-9(16-12)11-8(13)4-3-5-10(11)17-2/h3-7H,1-2H3,(H,14,15,16). The summed E-state index contributed by atoms with van der Waals surface area (Å²) in [4.78, 5) is 8.17. The van der Waals surface area contributed by atoms with Gasteiger partial charge in [0.25, 0.3) is 0 Å². The highest BCUT2D eigenvalue weighted by Gasteiger charge is 2.13. The van der Waals surface area contributed by atoms with E-state index in [1.165, 1.54) is 13.2 Å². The van der Waals surface area contributed by atoms with Gasteiger partial charge in [0, 0.05) is 13.2 Å². The Hall–Kier alpha value is -2.17. The monoisotopic (exact) mass is 233 g/mol. The topological polar surface area (TPSA) is 47.0 Å². The number of nitrogens with zero attached hydrogens (tertiary/aromatic N) is 2. The fraction of sp³-hybridized carbons (Fsp3) is 0.167. The zero-order valence-electron chi connectivity index (χ0n) is 9.57. The van der Waals surface area contributed by atoms with Crippen molar-refractivity contribution in [2.45, 2.75) is 0 Å². The number of halogens is 1. The van der Waals surface area contributed by atoms with E-state index in [1.54, 1.807) is 31.4 Å². The minimum absolute atomic E-state index is 0.342. The highest BCUT2D eigenvalue weighted by atomic mass is 19.1. The number of benzene rings is 1. The van der Waals surface area contributed by atoms with Crippen molar-refractivity contribution in [1.82, 2.24) is 9.97 Å². The summed E-state index contributed by atoms with van der Waals surface area (Å²) in [5.41, 5.74) is 0.827. The molecule has 0 amide bonds. The van der Waals surface area contributed by atoms with Crippen LogP contribution in [0.15, 0.2) is 30.5 Å². The Bertz CT molecular complexity index is 531. The highest BCUT2D eigenvalue weighted by Crippen LogP contribution is 2.31. The van der Waals surface area contributed by atoms with Gasteiger partial charge in [-0.05, 0) is 18.2 Å². The van der Waals surface area contributed by atoms with Gasteiger partial charge in [-0.1, -0.05) is 6.07 Å².